The SMILES string of the molecule is COc1ccccc1C(=O)N(CC[NH+](C)C)c1nc2c(OC)ccc(OC)c2s1. The Kier molecular flexibility index (Phi) is 6.56. The summed E-state index contributed by atoms with van der Waals surface area (Å²) in [4.78, 5) is 21.1. The third-order valence-corrected chi connectivity index (χ3v) is 5.64. The minimum Gasteiger partial charge on any atom is -0.496 e. The van der Waals surface area contributed by atoms with E-state index in [1.807, 2.05) is 24.3 Å². The van der Waals surface area contributed by atoms with E-state index in [2.05, 4.69) is 14.1 Å². The lowest BCUT2D eigenvalue weighted by atomic mass is 10.1. The molecule has 3 rings (SSSR count). The summed E-state index contributed by atoms with van der Waals surface area (Å²) in [6.45, 7) is 1.29. The molecule has 2 aromatic carbocycles. The average Bonchev–Trinajstić information content (AvgIpc) is 3.17. The highest BCUT2D eigenvalue weighted by atomic mass is 32.1. The topological polar surface area (TPSA) is 65.3 Å². The number of methoxy groups -OCH3 is 3. The molecule has 0 fully saturated rings. The number of quaternary nitrogens is 1. The molecule has 29 heavy (non-hydrogen) atoms. The van der Waals surface area contributed by atoms with E-state index < -0.39 is 0 Å². The highest BCUT2D eigenvalue weighted by molar-refractivity contribution is 7.22. The summed E-state index contributed by atoms with van der Waals surface area (Å²) in [7, 11) is 8.89. The number of amides is 1. The van der Waals surface area contributed by atoms with E-state index in [1.54, 1.807) is 38.4 Å². The molecule has 0 aliphatic carbocycles. The maximum Gasteiger partial charge on any atom is 0.264 e. The molecule has 3 aromatic rings. The normalized spacial score (nSPS) is 11.0. The fraction of sp³-hybridized carbons (Fsp3) is 0.333. The second-order valence-corrected chi connectivity index (χ2v) is 7.74. The first kappa shape index (κ1) is 20.9. The number of hydrogen-bond acceptors (Lipinski definition) is 6. The summed E-state index contributed by atoms with van der Waals surface area (Å²) >= 11 is 1.41. The number of para-hydroxylation sites is 1. The van der Waals surface area contributed by atoms with E-state index in [0.29, 0.717) is 40.0 Å². The number of thiazole rings is 1. The Morgan fingerprint density at radius 2 is 1.66 bits per heavy atom. The fourth-order valence-corrected chi connectivity index (χ4v) is 4.07. The van der Waals surface area contributed by atoms with E-state index in [1.165, 1.54) is 16.2 Å². The number of anilines is 1. The lowest BCUT2D eigenvalue weighted by Gasteiger charge is -2.21. The lowest BCUT2D eigenvalue weighted by molar-refractivity contribution is -0.856. The zero-order valence-electron chi connectivity index (χ0n) is 17.3. The molecule has 154 valence electrons. The molecule has 0 saturated carbocycles. The van der Waals surface area contributed by atoms with Gasteiger partial charge in [0.1, 0.15) is 27.5 Å². The van der Waals surface area contributed by atoms with Gasteiger partial charge in [0.25, 0.3) is 5.91 Å². The Hall–Kier alpha value is -2.84. The van der Waals surface area contributed by atoms with Gasteiger partial charge in [0, 0.05) is 0 Å². The molecule has 0 atom stereocenters. The number of ether oxygens (including phenoxy) is 3. The highest BCUT2D eigenvalue weighted by Crippen LogP contribution is 2.40. The van der Waals surface area contributed by atoms with Gasteiger partial charge in [-0.25, -0.2) is 4.98 Å². The van der Waals surface area contributed by atoms with Gasteiger partial charge < -0.3 is 19.1 Å². The molecule has 0 bridgehead atoms. The number of hydrogen-bond donors (Lipinski definition) is 1. The van der Waals surface area contributed by atoms with Crippen LogP contribution in [0.25, 0.3) is 10.2 Å². The van der Waals surface area contributed by atoms with Gasteiger partial charge in [-0.05, 0) is 24.3 Å². The minimum absolute atomic E-state index is 0.152. The standard InChI is InChI=1S/C21H25N3O4S/c1-23(2)12-13-24(20(25)14-8-6-7-9-15(14)26-3)21-22-18-16(27-4)10-11-17(28-5)19(18)29-21/h6-11H,12-13H2,1-5H3/p+1. The van der Waals surface area contributed by atoms with Crippen LogP contribution in [0.5, 0.6) is 17.2 Å². The van der Waals surface area contributed by atoms with Gasteiger partial charge in [-0.1, -0.05) is 23.5 Å². The smallest absolute Gasteiger partial charge is 0.264 e. The quantitative estimate of drug-likeness (QED) is 0.609. The second-order valence-electron chi connectivity index (χ2n) is 6.76. The Labute approximate surface area is 174 Å². The number of carbonyl (C=O) groups is 1. The van der Waals surface area contributed by atoms with Gasteiger partial charge in [-0.2, -0.15) is 0 Å². The third kappa shape index (κ3) is 4.28. The molecule has 0 saturated heterocycles. The molecule has 1 aromatic heterocycles. The van der Waals surface area contributed by atoms with Crippen molar-refractivity contribution in [2.24, 2.45) is 0 Å². The van der Waals surface area contributed by atoms with Crippen LogP contribution in [0, 0.1) is 0 Å². The number of nitrogens with one attached hydrogen (secondary N) is 1. The summed E-state index contributed by atoms with van der Waals surface area (Å²) in [5, 5.41) is 0.597. The first-order chi connectivity index (χ1) is 14.0. The van der Waals surface area contributed by atoms with Crippen molar-refractivity contribution in [2.45, 2.75) is 0 Å². The molecule has 0 aliphatic rings. The molecule has 1 heterocycles. The number of benzene rings is 2. The maximum atomic E-state index is 13.5. The van der Waals surface area contributed by atoms with Crippen molar-refractivity contribution in [1.82, 2.24) is 4.98 Å². The predicted molar refractivity (Wildman–Crippen MR) is 115 cm³/mol. The van der Waals surface area contributed by atoms with Crippen LogP contribution in [0.4, 0.5) is 5.13 Å². The van der Waals surface area contributed by atoms with Gasteiger partial charge in [0.05, 0.1) is 54.1 Å². The Bertz CT molecular complexity index is 962. The van der Waals surface area contributed by atoms with E-state index in [0.717, 1.165) is 11.2 Å². The third-order valence-electron chi connectivity index (χ3n) is 4.55. The monoisotopic (exact) mass is 416 g/mol. The number of rotatable bonds is 8. The van der Waals surface area contributed by atoms with Crippen molar-refractivity contribution in [2.75, 3.05) is 53.4 Å². The molecular formula is C21H26N3O4S+. The molecular weight excluding hydrogens is 390 g/mol. The van der Waals surface area contributed by atoms with Gasteiger partial charge in [-0.15, -0.1) is 0 Å². The molecule has 0 aliphatic heterocycles. The molecule has 0 radical (unpaired) electrons. The molecule has 1 amide bonds. The van der Waals surface area contributed by atoms with Crippen LogP contribution in [-0.4, -0.2) is 59.4 Å². The molecule has 0 unspecified atom stereocenters. The number of carbonyl (C=O) groups excluding carboxylic acids is 1. The van der Waals surface area contributed by atoms with Gasteiger partial charge in [0.15, 0.2) is 5.13 Å². The molecule has 1 N–H and O–H groups in total. The lowest BCUT2D eigenvalue weighted by Crippen LogP contribution is -3.06. The van der Waals surface area contributed by atoms with Crippen LogP contribution in [0.15, 0.2) is 36.4 Å². The van der Waals surface area contributed by atoms with Crippen molar-refractivity contribution in [3.8, 4) is 17.2 Å². The van der Waals surface area contributed by atoms with Crippen molar-refractivity contribution >= 4 is 32.6 Å². The molecule has 0 spiro atoms. The van der Waals surface area contributed by atoms with E-state index in [-0.39, 0.29) is 5.91 Å². The fourth-order valence-electron chi connectivity index (χ4n) is 2.98. The Morgan fingerprint density at radius 1 is 1.00 bits per heavy atom. The van der Waals surface area contributed by atoms with Crippen molar-refractivity contribution in [1.29, 1.82) is 0 Å². The van der Waals surface area contributed by atoms with Crippen LogP contribution < -0.4 is 24.0 Å². The summed E-state index contributed by atoms with van der Waals surface area (Å²) in [6, 6.07) is 10.9. The van der Waals surface area contributed by atoms with Crippen molar-refractivity contribution < 1.29 is 23.9 Å². The second kappa shape index (κ2) is 9.11. The van der Waals surface area contributed by atoms with Gasteiger partial charge >= 0.3 is 0 Å². The summed E-state index contributed by atoms with van der Waals surface area (Å²) in [5.74, 6) is 1.73. The van der Waals surface area contributed by atoms with E-state index >= 15 is 0 Å². The number of likely N-dealkylation sites (N-methyl/N-ethyl adjacent to an activating group) is 1. The maximum absolute atomic E-state index is 13.5. The largest absolute Gasteiger partial charge is 0.496 e. The first-order valence-corrected chi connectivity index (χ1v) is 10.1. The zero-order chi connectivity index (χ0) is 21.0. The molecule has 8 heteroatoms. The Balaban J connectivity index is 2.10. The van der Waals surface area contributed by atoms with Crippen LogP contribution in [0.2, 0.25) is 0 Å². The number of nitrogens with zero attached hydrogens (tertiary/aromatic N) is 2. The first-order valence-electron chi connectivity index (χ1n) is 9.25. The summed E-state index contributed by atoms with van der Waals surface area (Å²) < 4.78 is 17.2. The van der Waals surface area contributed by atoms with Gasteiger partial charge in [0.2, 0.25) is 0 Å². The number of fused-ring (bicyclic) bond motifs is 1. The van der Waals surface area contributed by atoms with Crippen LogP contribution in [0.3, 0.4) is 0 Å². The van der Waals surface area contributed by atoms with Crippen LogP contribution >= 0.6 is 11.3 Å². The summed E-state index contributed by atoms with van der Waals surface area (Å²) in [6.07, 6.45) is 0. The minimum atomic E-state index is -0.152. The molecule has 7 nitrogen and oxygen atoms in total. The Morgan fingerprint density at radius 3 is 2.31 bits per heavy atom. The van der Waals surface area contributed by atoms with Crippen molar-refractivity contribution in [3.05, 3.63) is 42.0 Å². The zero-order valence-corrected chi connectivity index (χ0v) is 18.1. The van der Waals surface area contributed by atoms with Crippen LogP contribution in [0.1, 0.15) is 10.4 Å². The van der Waals surface area contributed by atoms with Crippen LogP contribution in [-0.2, 0) is 0 Å². The number of aromatic nitrogens is 1. The van der Waals surface area contributed by atoms with E-state index in [4.69, 9.17) is 19.2 Å². The average molecular weight is 417 g/mol. The van der Waals surface area contributed by atoms with Gasteiger partial charge in [-0.3, -0.25) is 9.69 Å². The highest BCUT2D eigenvalue weighted by Gasteiger charge is 2.26. The van der Waals surface area contributed by atoms with Crippen molar-refractivity contribution in [3.63, 3.8) is 0 Å². The van der Waals surface area contributed by atoms with E-state index in [9.17, 15) is 4.79 Å². The predicted octanol–water partition coefficient (Wildman–Crippen LogP) is 2.11. The summed E-state index contributed by atoms with van der Waals surface area (Å²) in [5.41, 5.74) is 1.18.